The summed E-state index contributed by atoms with van der Waals surface area (Å²) in [6.07, 6.45) is 4.35. The van der Waals surface area contributed by atoms with Gasteiger partial charge in [0.05, 0.1) is 0 Å². The lowest BCUT2D eigenvalue weighted by Gasteiger charge is -2.11. The topological polar surface area (TPSA) is 3.24 Å². The molecule has 1 nitrogen and oxygen atoms in total. The van der Waals surface area contributed by atoms with Crippen LogP contribution in [0.4, 0.5) is 0 Å². The van der Waals surface area contributed by atoms with Crippen LogP contribution >= 0.6 is 24.2 Å². The summed E-state index contributed by atoms with van der Waals surface area (Å²) in [6.45, 7) is 6.15. The molecule has 0 unspecified atom stereocenters. The number of benzene rings is 1. The van der Waals surface area contributed by atoms with Crippen LogP contribution in [-0.2, 0) is 12.8 Å². The smallest absolute Gasteiger partial charge is 0.0158 e. The molecule has 0 N–H and O–H groups in total. The molecule has 0 amide bonds. The standard InChI is InChI=1S/C14H19NS.ClH/c1-3-11-16-14-6-4-5-12-7-9-15(2)10-8-13(12)14;/h3-6H,1,7-11H2,2H3;1H. The summed E-state index contributed by atoms with van der Waals surface area (Å²) in [5, 5.41) is 0. The van der Waals surface area contributed by atoms with E-state index in [9.17, 15) is 0 Å². The fourth-order valence-corrected chi connectivity index (χ4v) is 3.02. The van der Waals surface area contributed by atoms with Gasteiger partial charge in [0.25, 0.3) is 0 Å². The minimum Gasteiger partial charge on any atom is -0.306 e. The van der Waals surface area contributed by atoms with Crippen LogP contribution in [0.5, 0.6) is 0 Å². The number of nitrogens with zero attached hydrogens (tertiary/aromatic N) is 1. The summed E-state index contributed by atoms with van der Waals surface area (Å²) in [6, 6.07) is 6.72. The third kappa shape index (κ3) is 3.77. The molecular formula is C14H20ClNS. The second-order valence-corrected chi connectivity index (χ2v) is 5.36. The largest absolute Gasteiger partial charge is 0.306 e. The Morgan fingerprint density at radius 2 is 2.12 bits per heavy atom. The lowest BCUT2D eigenvalue weighted by atomic mass is 10.0. The molecule has 2 rings (SSSR count). The van der Waals surface area contributed by atoms with Crippen LogP contribution in [0.3, 0.4) is 0 Å². The number of rotatable bonds is 3. The molecule has 94 valence electrons. The van der Waals surface area contributed by atoms with Crippen LogP contribution in [0.15, 0.2) is 35.7 Å². The van der Waals surface area contributed by atoms with Crippen LogP contribution in [-0.4, -0.2) is 30.8 Å². The van der Waals surface area contributed by atoms with E-state index in [0.29, 0.717) is 0 Å². The molecular weight excluding hydrogens is 250 g/mol. The summed E-state index contributed by atoms with van der Waals surface area (Å²) >= 11 is 1.91. The molecule has 1 aliphatic rings. The van der Waals surface area contributed by atoms with Gasteiger partial charge in [0.2, 0.25) is 0 Å². The first-order valence-electron chi connectivity index (χ1n) is 5.84. The highest BCUT2D eigenvalue weighted by Gasteiger charge is 2.13. The van der Waals surface area contributed by atoms with Gasteiger partial charge in [-0.2, -0.15) is 0 Å². The number of fused-ring (bicyclic) bond motifs is 1. The Balaban J connectivity index is 0.00000144. The number of hydrogen-bond acceptors (Lipinski definition) is 2. The van der Waals surface area contributed by atoms with Gasteiger partial charge in [0, 0.05) is 23.7 Å². The lowest BCUT2D eigenvalue weighted by molar-refractivity contribution is 0.352. The van der Waals surface area contributed by atoms with E-state index in [1.54, 1.807) is 11.1 Å². The fourth-order valence-electron chi connectivity index (χ4n) is 2.14. The third-order valence-corrected chi connectivity index (χ3v) is 4.19. The van der Waals surface area contributed by atoms with Crippen LogP contribution in [0.25, 0.3) is 0 Å². The van der Waals surface area contributed by atoms with Crippen LogP contribution in [0.1, 0.15) is 11.1 Å². The normalized spacial score (nSPS) is 15.6. The Hall–Kier alpha value is -0.440. The molecule has 0 saturated carbocycles. The Bertz CT molecular complexity index is 378. The van der Waals surface area contributed by atoms with Gasteiger partial charge < -0.3 is 4.90 Å². The number of likely N-dealkylation sites (N-methyl/N-ethyl adjacent to an activating group) is 1. The van der Waals surface area contributed by atoms with Gasteiger partial charge in [-0.25, -0.2) is 0 Å². The van der Waals surface area contributed by atoms with Gasteiger partial charge >= 0.3 is 0 Å². The van der Waals surface area contributed by atoms with E-state index in [0.717, 1.165) is 5.75 Å². The Morgan fingerprint density at radius 3 is 2.88 bits per heavy atom. The molecule has 0 aliphatic carbocycles. The lowest BCUT2D eigenvalue weighted by Crippen LogP contribution is -2.20. The fraction of sp³-hybridized carbons (Fsp3) is 0.429. The predicted molar refractivity (Wildman–Crippen MR) is 79.5 cm³/mol. The average Bonchev–Trinajstić information content (AvgIpc) is 2.49. The summed E-state index contributed by atoms with van der Waals surface area (Å²) < 4.78 is 0. The predicted octanol–water partition coefficient (Wildman–Crippen LogP) is 3.42. The molecule has 0 aromatic heterocycles. The second-order valence-electron chi connectivity index (χ2n) is 4.30. The van der Waals surface area contributed by atoms with E-state index in [4.69, 9.17) is 0 Å². The number of halogens is 1. The SMILES string of the molecule is C=CCSc1cccc2c1CCN(C)CC2.Cl. The van der Waals surface area contributed by atoms with Crippen molar-refractivity contribution in [3.8, 4) is 0 Å². The van der Waals surface area contributed by atoms with Crippen LogP contribution in [0.2, 0.25) is 0 Å². The van der Waals surface area contributed by atoms with E-state index < -0.39 is 0 Å². The zero-order valence-corrected chi connectivity index (χ0v) is 11.9. The molecule has 0 spiro atoms. The van der Waals surface area contributed by atoms with E-state index in [1.165, 1.54) is 30.8 Å². The molecule has 0 saturated heterocycles. The zero-order valence-electron chi connectivity index (χ0n) is 10.3. The Kier molecular flexibility index (Phi) is 6.10. The third-order valence-electron chi connectivity index (χ3n) is 3.09. The molecule has 3 heteroatoms. The zero-order chi connectivity index (χ0) is 11.4. The van der Waals surface area contributed by atoms with Gasteiger partial charge in [0.1, 0.15) is 0 Å². The first kappa shape index (κ1) is 14.6. The van der Waals surface area contributed by atoms with E-state index in [2.05, 4.69) is 36.7 Å². The van der Waals surface area contributed by atoms with Crippen molar-refractivity contribution in [2.24, 2.45) is 0 Å². The van der Waals surface area contributed by atoms with Crippen LogP contribution < -0.4 is 0 Å². The summed E-state index contributed by atoms with van der Waals surface area (Å²) in [7, 11) is 2.21. The Labute approximate surface area is 115 Å². The van der Waals surface area contributed by atoms with Gasteiger partial charge in [0.15, 0.2) is 0 Å². The molecule has 1 aromatic rings. The van der Waals surface area contributed by atoms with Gasteiger partial charge in [-0.05, 0) is 37.1 Å². The molecule has 0 radical (unpaired) electrons. The van der Waals surface area contributed by atoms with E-state index in [1.807, 2.05) is 17.8 Å². The summed E-state index contributed by atoms with van der Waals surface area (Å²) in [5.41, 5.74) is 3.11. The minimum atomic E-state index is 0. The molecule has 17 heavy (non-hydrogen) atoms. The van der Waals surface area contributed by atoms with Crippen molar-refractivity contribution >= 4 is 24.2 Å². The number of hydrogen-bond donors (Lipinski definition) is 0. The maximum Gasteiger partial charge on any atom is 0.0158 e. The van der Waals surface area contributed by atoms with Gasteiger partial charge in [-0.15, -0.1) is 30.7 Å². The Morgan fingerprint density at radius 1 is 1.35 bits per heavy atom. The molecule has 0 bridgehead atoms. The van der Waals surface area contributed by atoms with E-state index in [-0.39, 0.29) is 12.4 Å². The molecule has 1 heterocycles. The monoisotopic (exact) mass is 269 g/mol. The maximum atomic E-state index is 3.79. The van der Waals surface area contributed by atoms with Crippen molar-refractivity contribution in [3.05, 3.63) is 42.0 Å². The van der Waals surface area contributed by atoms with Crippen molar-refractivity contribution in [2.45, 2.75) is 17.7 Å². The first-order valence-corrected chi connectivity index (χ1v) is 6.83. The quantitative estimate of drug-likeness (QED) is 0.611. The van der Waals surface area contributed by atoms with Crippen molar-refractivity contribution < 1.29 is 0 Å². The van der Waals surface area contributed by atoms with Gasteiger partial charge in [-0.3, -0.25) is 0 Å². The average molecular weight is 270 g/mol. The molecule has 1 aliphatic heterocycles. The van der Waals surface area contributed by atoms with Crippen LogP contribution in [0, 0.1) is 0 Å². The van der Waals surface area contributed by atoms with Crippen molar-refractivity contribution in [2.75, 3.05) is 25.9 Å². The molecule has 0 atom stereocenters. The highest BCUT2D eigenvalue weighted by Crippen LogP contribution is 2.28. The molecule has 1 aromatic carbocycles. The summed E-state index contributed by atoms with van der Waals surface area (Å²) in [4.78, 5) is 3.87. The maximum absolute atomic E-state index is 3.79. The van der Waals surface area contributed by atoms with Crippen molar-refractivity contribution in [1.82, 2.24) is 4.90 Å². The van der Waals surface area contributed by atoms with Crippen molar-refractivity contribution in [1.29, 1.82) is 0 Å². The first-order chi connectivity index (χ1) is 7.81. The minimum absolute atomic E-state index is 0. The van der Waals surface area contributed by atoms with Gasteiger partial charge in [-0.1, -0.05) is 18.2 Å². The molecule has 0 fully saturated rings. The second kappa shape index (κ2) is 7.10. The van der Waals surface area contributed by atoms with Crippen molar-refractivity contribution in [3.63, 3.8) is 0 Å². The highest BCUT2D eigenvalue weighted by atomic mass is 35.5. The number of thioether (sulfide) groups is 1. The summed E-state index contributed by atoms with van der Waals surface area (Å²) in [5.74, 6) is 1.01. The highest BCUT2D eigenvalue weighted by molar-refractivity contribution is 7.99. The van der Waals surface area contributed by atoms with E-state index >= 15 is 0 Å².